The molecule has 2 nitrogen and oxygen atoms in total. The summed E-state index contributed by atoms with van der Waals surface area (Å²) in [5.41, 5.74) is 3.66. The van der Waals surface area contributed by atoms with Crippen molar-refractivity contribution in [2.75, 3.05) is 0 Å². The molecule has 0 spiro atoms. The quantitative estimate of drug-likeness (QED) is 0.767. The number of hydrogen-bond donors (Lipinski definition) is 0. The van der Waals surface area contributed by atoms with Gasteiger partial charge < -0.3 is 4.57 Å². The van der Waals surface area contributed by atoms with Crippen LogP contribution in [-0.4, -0.2) is 4.57 Å². The molecule has 0 radical (unpaired) electrons. The highest BCUT2D eigenvalue weighted by atomic mass is 79.9. The van der Waals surface area contributed by atoms with E-state index in [4.69, 9.17) is 16.9 Å². The van der Waals surface area contributed by atoms with Gasteiger partial charge >= 0.3 is 0 Å². The average Bonchev–Trinajstić information content (AvgIpc) is 2.65. The molecule has 0 aliphatic heterocycles. The first-order valence-electron chi connectivity index (χ1n) is 5.08. The predicted molar refractivity (Wildman–Crippen MR) is 73.2 cm³/mol. The molecular weight excluding hydrogens is 300 g/mol. The first-order valence-corrected chi connectivity index (χ1v) is 6.58. The third-order valence-electron chi connectivity index (χ3n) is 2.68. The minimum absolute atomic E-state index is 0.570. The van der Waals surface area contributed by atoms with E-state index in [1.165, 1.54) is 5.56 Å². The summed E-state index contributed by atoms with van der Waals surface area (Å²) < 4.78 is 1.82. The highest BCUT2D eigenvalue weighted by molar-refractivity contribution is 9.08. The van der Waals surface area contributed by atoms with Crippen LogP contribution >= 0.6 is 27.5 Å². The first kappa shape index (κ1) is 12.2. The number of aromatic nitrogens is 1. The van der Waals surface area contributed by atoms with Crippen molar-refractivity contribution in [3.8, 4) is 17.3 Å². The summed E-state index contributed by atoms with van der Waals surface area (Å²) in [5.74, 6) is 0. The number of rotatable bonds is 2. The maximum atomic E-state index is 9.09. The third-order valence-corrected chi connectivity index (χ3v) is 3.69. The highest BCUT2D eigenvalue weighted by Gasteiger charge is 2.12. The number of halogens is 2. The lowest BCUT2D eigenvalue weighted by Crippen LogP contribution is -1.93. The zero-order valence-electron chi connectivity index (χ0n) is 9.24. The minimum atomic E-state index is 0.570. The number of nitrogens with zero attached hydrogens (tertiary/aromatic N) is 2. The summed E-state index contributed by atoms with van der Waals surface area (Å²) in [6, 6.07) is 11.9. The molecule has 0 N–H and O–H groups in total. The molecule has 0 aliphatic rings. The van der Waals surface area contributed by atoms with E-state index < -0.39 is 0 Å². The Labute approximate surface area is 114 Å². The van der Waals surface area contributed by atoms with Crippen molar-refractivity contribution in [1.29, 1.82) is 5.26 Å². The van der Waals surface area contributed by atoms with Crippen LogP contribution in [0.2, 0.25) is 5.15 Å². The molecule has 0 fully saturated rings. The fourth-order valence-corrected chi connectivity index (χ4v) is 2.33. The Balaban J connectivity index is 2.56. The molecule has 0 aliphatic carbocycles. The average molecular weight is 310 g/mol. The van der Waals surface area contributed by atoms with Crippen LogP contribution in [0.3, 0.4) is 0 Å². The van der Waals surface area contributed by atoms with Gasteiger partial charge in [0.1, 0.15) is 11.2 Å². The number of hydrogen-bond acceptors (Lipinski definition) is 1. The molecular formula is C13H10BrClN2. The lowest BCUT2D eigenvalue weighted by molar-refractivity contribution is 0.937. The van der Waals surface area contributed by atoms with Crippen molar-refractivity contribution in [2.45, 2.75) is 5.33 Å². The second-order valence-corrected chi connectivity index (χ2v) is 4.68. The molecule has 1 aromatic heterocycles. The monoisotopic (exact) mass is 308 g/mol. The molecule has 2 rings (SSSR count). The number of alkyl halides is 1. The van der Waals surface area contributed by atoms with Crippen molar-refractivity contribution in [1.82, 2.24) is 4.57 Å². The van der Waals surface area contributed by atoms with Gasteiger partial charge in [0.2, 0.25) is 0 Å². The fraction of sp³-hybridized carbons (Fsp3) is 0.154. The second-order valence-electron chi connectivity index (χ2n) is 3.73. The van der Waals surface area contributed by atoms with Gasteiger partial charge in [-0.25, -0.2) is 0 Å². The summed E-state index contributed by atoms with van der Waals surface area (Å²) in [6.45, 7) is 0. The topological polar surface area (TPSA) is 28.7 Å². The van der Waals surface area contributed by atoms with E-state index in [-0.39, 0.29) is 0 Å². The van der Waals surface area contributed by atoms with Gasteiger partial charge in [-0.3, -0.25) is 0 Å². The Bertz CT molecular complexity index is 579. The van der Waals surface area contributed by atoms with Crippen LogP contribution in [0.5, 0.6) is 0 Å². The van der Waals surface area contributed by atoms with E-state index in [0.717, 1.165) is 16.6 Å². The van der Waals surface area contributed by atoms with E-state index in [0.29, 0.717) is 10.7 Å². The molecule has 0 saturated heterocycles. The largest absolute Gasteiger partial charge is 0.334 e. The van der Waals surface area contributed by atoms with Gasteiger partial charge in [-0.15, -0.1) is 0 Å². The van der Waals surface area contributed by atoms with E-state index >= 15 is 0 Å². The SMILES string of the molecule is Cn1c(Cl)cc(C#N)c1-c1ccc(CBr)cc1. The molecule has 1 heterocycles. The molecule has 0 unspecified atom stereocenters. The van der Waals surface area contributed by atoms with Crippen LogP contribution in [0.15, 0.2) is 30.3 Å². The van der Waals surface area contributed by atoms with E-state index in [1.54, 1.807) is 6.07 Å². The van der Waals surface area contributed by atoms with E-state index in [2.05, 4.69) is 22.0 Å². The van der Waals surface area contributed by atoms with Gasteiger partial charge in [0.05, 0.1) is 11.3 Å². The Morgan fingerprint density at radius 3 is 2.53 bits per heavy atom. The fourth-order valence-electron chi connectivity index (χ4n) is 1.76. The molecule has 1 aromatic carbocycles. The molecule has 0 bridgehead atoms. The zero-order chi connectivity index (χ0) is 12.4. The Hall–Kier alpha value is -1.24. The molecule has 0 saturated carbocycles. The summed E-state index contributed by atoms with van der Waals surface area (Å²) in [5, 5.41) is 10.5. The van der Waals surface area contributed by atoms with Crippen molar-refractivity contribution < 1.29 is 0 Å². The lowest BCUT2D eigenvalue weighted by Gasteiger charge is -2.06. The van der Waals surface area contributed by atoms with Gasteiger partial charge in [-0.2, -0.15) is 5.26 Å². The van der Waals surface area contributed by atoms with Crippen LogP contribution in [0, 0.1) is 11.3 Å². The predicted octanol–water partition coefficient (Wildman–Crippen LogP) is 4.11. The normalized spacial score (nSPS) is 10.2. The van der Waals surface area contributed by atoms with Crippen LogP contribution in [0.4, 0.5) is 0 Å². The maximum Gasteiger partial charge on any atom is 0.110 e. The standard InChI is InChI=1S/C13H10BrClN2/c1-17-12(15)6-11(8-16)13(17)10-4-2-9(7-14)3-5-10/h2-6H,7H2,1H3. The van der Waals surface area contributed by atoms with Crippen molar-refractivity contribution in [2.24, 2.45) is 7.05 Å². The molecule has 86 valence electrons. The van der Waals surface area contributed by atoms with E-state index in [1.807, 2.05) is 35.9 Å². The lowest BCUT2D eigenvalue weighted by atomic mass is 10.1. The van der Waals surface area contributed by atoms with Crippen molar-refractivity contribution >= 4 is 27.5 Å². The molecule has 2 aromatic rings. The molecule has 4 heteroatoms. The molecule has 0 amide bonds. The van der Waals surface area contributed by atoms with Crippen molar-refractivity contribution in [3.05, 3.63) is 46.6 Å². The smallest absolute Gasteiger partial charge is 0.110 e. The zero-order valence-corrected chi connectivity index (χ0v) is 11.6. The highest BCUT2D eigenvalue weighted by Crippen LogP contribution is 2.29. The van der Waals surface area contributed by atoms with Gasteiger partial charge in [-0.1, -0.05) is 51.8 Å². The summed E-state index contributed by atoms with van der Waals surface area (Å²) >= 11 is 9.43. The molecule has 0 atom stereocenters. The summed E-state index contributed by atoms with van der Waals surface area (Å²) in [4.78, 5) is 0. The van der Waals surface area contributed by atoms with Gasteiger partial charge in [-0.05, 0) is 17.2 Å². The van der Waals surface area contributed by atoms with Crippen LogP contribution in [0.1, 0.15) is 11.1 Å². The van der Waals surface area contributed by atoms with Crippen molar-refractivity contribution in [3.63, 3.8) is 0 Å². The number of nitriles is 1. The van der Waals surface area contributed by atoms with Crippen LogP contribution < -0.4 is 0 Å². The van der Waals surface area contributed by atoms with Gasteiger partial charge in [0.25, 0.3) is 0 Å². The maximum absolute atomic E-state index is 9.09. The summed E-state index contributed by atoms with van der Waals surface area (Å²) in [6.07, 6.45) is 0. The number of benzene rings is 1. The summed E-state index contributed by atoms with van der Waals surface area (Å²) in [7, 11) is 1.86. The van der Waals surface area contributed by atoms with Gasteiger partial charge in [0.15, 0.2) is 0 Å². The Kier molecular flexibility index (Phi) is 3.56. The Morgan fingerprint density at radius 2 is 2.00 bits per heavy atom. The first-order chi connectivity index (χ1) is 8.17. The Morgan fingerprint density at radius 1 is 1.35 bits per heavy atom. The molecule has 17 heavy (non-hydrogen) atoms. The minimum Gasteiger partial charge on any atom is -0.334 e. The van der Waals surface area contributed by atoms with E-state index in [9.17, 15) is 0 Å². The third kappa shape index (κ3) is 2.24. The second kappa shape index (κ2) is 4.95. The van der Waals surface area contributed by atoms with Crippen LogP contribution in [-0.2, 0) is 12.4 Å². The van der Waals surface area contributed by atoms with Gasteiger partial charge in [0, 0.05) is 12.4 Å². The van der Waals surface area contributed by atoms with Crippen LogP contribution in [0.25, 0.3) is 11.3 Å².